The number of nitrogens with zero attached hydrogens (tertiary/aromatic N) is 2. The van der Waals surface area contributed by atoms with Crippen molar-refractivity contribution < 1.29 is 4.39 Å². The van der Waals surface area contributed by atoms with Gasteiger partial charge in [-0.3, -0.25) is 0 Å². The third-order valence-electron chi connectivity index (χ3n) is 4.78. The number of isothiocyanates is 1. The molecule has 1 heterocycles. The zero-order chi connectivity index (χ0) is 20.6. The smallest absolute Gasteiger partial charge is 0.165 e. The van der Waals surface area contributed by atoms with Gasteiger partial charge >= 0.3 is 0 Å². The normalized spacial score (nSPS) is 11.1. The van der Waals surface area contributed by atoms with E-state index in [0.29, 0.717) is 11.5 Å². The minimum atomic E-state index is -0.402. The molecule has 0 spiro atoms. The number of thiocarbonyl (C=S) groups is 1. The summed E-state index contributed by atoms with van der Waals surface area (Å²) in [6.45, 7) is 4.48. The molecule has 2 nitrogen and oxygen atoms in total. The lowest BCUT2D eigenvalue weighted by atomic mass is 9.98. The molecule has 3 rings (SSSR count). The van der Waals surface area contributed by atoms with E-state index in [1.807, 2.05) is 24.3 Å². The van der Waals surface area contributed by atoms with E-state index in [9.17, 15) is 4.39 Å². The Bertz CT molecular complexity index is 1090. The topological polar surface area (TPSA) is 25.2 Å². The van der Waals surface area contributed by atoms with Gasteiger partial charge in [0.05, 0.1) is 5.16 Å². The lowest BCUT2D eigenvalue weighted by Crippen LogP contribution is -1.97. The van der Waals surface area contributed by atoms with E-state index in [1.54, 1.807) is 0 Å². The standard InChI is InChI=1S/C25H21FN2S/c1-3-18(2)14-21-8-6-19(7-9-21)4-5-20-10-12-22(13-11-20)23-16-27-25(28-17-29)15-24(23)26/h6-13,15-16,18H,3,14H2,1-2H3. The molecule has 1 aromatic heterocycles. The predicted molar refractivity (Wildman–Crippen MR) is 120 cm³/mol. The minimum absolute atomic E-state index is 0.207. The van der Waals surface area contributed by atoms with Crippen LogP contribution in [0.4, 0.5) is 10.2 Å². The molecule has 144 valence electrons. The van der Waals surface area contributed by atoms with Gasteiger partial charge in [0.1, 0.15) is 5.82 Å². The van der Waals surface area contributed by atoms with E-state index in [-0.39, 0.29) is 5.82 Å². The zero-order valence-corrected chi connectivity index (χ0v) is 17.3. The quantitative estimate of drug-likeness (QED) is 0.273. The lowest BCUT2D eigenvalue weighted by Gasteiger charge is -2.07. The van der Waals surface area contributed by atoms with Gasteiger partial charge in [-0.25, -0.2) is 9.37 Å². The zero-order valence-electron chi connectivity index (χ0n) is 16.4. The second-order valence-electron chi connectivity index (χ2n) is 6.97. The lowest BCUT2D eigenvalue weighted by molar-refractivity contribution is 0.560. The summed E-state index contributed by atoms with van der Waals surface area (Å²) in [4.78, 5) is 7.76. The van der Waals surface area contributed by atoms with E-state index >= 15 is 0 Å². The van der Waals surface area contributed by atoms with Crippen LogP contribution in [-0.4, -0.2) is 10.1 Å². The van der Waals surface area contributed by atoms with Crippen LogP contribution in [0.25, 0.3) is 11.1 Å². The van der Waals surface area contributed by atoms with Crippen molar-refractivity contribution in [2.45, 2.75) is 26.7 Å². The maximum Gasteiger partial charge on any atom is 0.165 e. The molecular formula is C25H21FN2S. The Morgan fingerprint density at radius 3 is 2.21 bits per heavy atom. The number of hydrogen-bond acceptors (Lipinski definition) is 3. The first-order valence-electron chi connectivity index (χ1n) is 9.54. The molecule has 0 aliphatic rings. The Balaban J connectivity index is 1.72. The van der Waals surface area contributed by atoms with Crippen LogP contribution < -0.4 is 0 Å². The van der Waals surface area contributed by atoms with E-state index in [1.165, 1.54) is 24.2 Å². The van der Waals surface area contributed by atoms with Crippen LogP contribution in [0, 0.1) is 23.6 Å². The number of pyridine rings is 1. The van der Waals surface area contributed by atoms with Crippen molar-refractivity contribution >= 4 is 23.2 Å². The van der Waals surface area contributed by atoms with Crippen LogP contribution in [-0.2, 0) is 6.42 Å². The number of halogens is 1. The van der Waals surface area contributed by atoms with Crippen LogP contribution in [0.2, 0.25) is 0 Å². The molecule has 29 heavy (non-hydrogen) atoms. The first kappa shape index (κ1) is 20.6. The molecule has 0 saturated heterocycles. The minimum Gasteiger partial charge on any atom is -0.236 e. The van der Waals surface area contributed by atoms with Gasteiger partial charge in [-0.1, -0.05) is 56.4 Å². The Labute approximate surface area is 176 Å². The molecule has 0 saturated carbocycles. The van der Waals surface area contributed by atoms with Crippen LogP contribution in [0.3, 0.4) is 0 Å². The third kappa shape index (κ3) is 5.68. The van der Waals surface area contributed by atoms with Crippen molar-refractivity contribution in [3.63, 3.8) is 0 Å². The summed E-state index contributed by atoms with van der Waals surface area (Å²) >= 11 is 4.51. The summed E-state index contributed by atoms with van der Waals surface area (Å²) in [5.74, 6) is 6.83. The molecule has 1 atom stereocenters. The first-order valence-corrected chi connectivity index (χ1v) is 9.94. The third-order valence-corrected chi connectivity index (χ3v) is 4.87. The fourth-order valence-corrected chi connectivity index (χ4v) is 2.98. The van der Waals surface area contributed by atoms with Crippen LogP contribution in [0.1, 0.15) is 37.0 Å². The number of hydrogen-bond donors (Lipinski definition) is 0. The van der Waals surface area contributed by atoms with Crippen molar-refractivity contribution in [3.05, 3.63) is 83.3 Å². The number of benzene rings is 2. The monoisotopic (exact) mass is 400 g/mol. The maximum atomic E-state index is 14.3. The predicted octanol–water partition coefficient (Wildman–Crippen LogP) is 6.61. The Morgan fingerprint density at radius 1 is 1.03 bits per heavy atom. The second kappa shape index (κ2) is 9.89. The molecular weight excluding hydrogens is 379 g/mol. The SMILES string of the molecule is CCC(C)Cc1ccc(C#Cc2ccc(-c3cnc(N=C=S)cc3F)cc2)cc1. The van der Waals surface area contributed by atoms with Gasteiger partial charge in [0.15, 0.2) is 5.82 Å². The second-order valence-corrected chi connectivity index (χ2v) is 7.15. The highest BCUT2D eigenvalue weighted by Crippen LogP contribution is 2.24. The number of aliphatic imine (C=N–C) groups is 1. The van der Waals surface area contributed by atoms with Crippen LogP contribution in [0.15, 0.2) is 65.8 Å². The molecule has 0 aliphatic carbocycles. The molecule has 4 heteroatoms. The molecule has 0 N–H and O–H groups in total. The fourth-order valence-electron chi connectivity index (χ4n) is 2.89. The highest BCUT2D eigenvalue weighted by molar-refractivity contribution is 7.78. The summed E-state index contributed by atoms with van der Waals surface area (Å²) in [6, 6.07) is 17.1. The molecule has 1 unspecified atom stereocenters. The summed E-state index contributed by atoms with van der Waals surface area (Å²) < 4.78 is 14.3. The Morgan fingerprint density at radius 2 is 1.66 bits per heavy atom. The summed E-state index contributed by atoms with van der Waals surface area (Å²) in [7, 11) is 0. The van der Waals surface area contributed by atoms with Gasteiger partial charge in [0, 0.05) is 29.0 Å². The molecule has 0 aliphatic heterocycles. The van der Waals surface area contributed by atoms with Gasteiger partial charge < -0.3 is 0 Å². The van der Waals surface area contributed by atoms with E-state index in [2.05, 4.69) is 77.3 Å². The largest absolute Gasteiger partial charge is 0.236 e. The first-order chi connectivity index (χ1) is 14.1. The molecule has 0 amide bonds. The highest BCUT2D eigenvalue weighted by atomic mass is 32.1. The van der Waals surface area contributed by atoms with Gasteiger partial charge in [0.25, 0.3) is 0 Å². The molecule has 0 bridgehead atoms. The molecule has 0 radical (unpaired) electrons. The maximum absolute atomic E-state index is 14.3. The molecule has 2 aromatic carbocycles. The van der Waals surface area contributed by atoms with E-state index in [0.717, 1.165) is 23.1 Å². The van der Waals surface area contributed by atoms with Gasteiger partial charge in [-0.05, 0) is 59.9 Å². The van der Waals surface area contributed by atoms with Crippen molar-refractivity contribution in [2.75, 3.05) is 0 Å². The van der Waals surface area contributed by atoms with Crippen LogP contribution in [0.5, 0.6) is 0 Å². The fraction of sp³-hybridized carbons (Fsp3) is 0.200. The van der Waals surface area contributed by atoms with E-state index < -0.39 is 5.82 Å². The average molecular weight is 401 g/mol. The molecule has 3 aromatic rings. The Hall–Kier alpha value is -3.12. The van der Waals surface area contributed by atoms with Crippen LogP contribution >= 0.6 is 12.2 Å². The number of aromatic nitrogens is 1. The van der Waals surface area contributed by atoms with E-state index in [4.69, 9.17) is 0 Å². The van der Waals surface area contributed by atoms with Gasteiger partial charge in [-0.15, -0.1) is 0 Å². The summed E-state index contributed by atoms with van der Waals surface area (Å²) in [5, 5.41) is 2.18. The van der Waals surface area contributed by atoms with Gasteiger partial charge in [0.2, 0.25) is 0 Å². The Kier molecular flexibility index (Phi) is 7.03. The number of rotatable bonds is 5. The molecule has 0 fully saturated rings. The average Bonchev–Trinajstić information content (AvgIpc) is 2.74. The van der Waals surface area contributed by atoms with Crippen molar-refractivity contribution in [2.24, 2.45) is 10.9 Å². The van der Waals surface area contributed by atoms with Crippen molar-refractivity contribution in [1.82, 2.24) is 4.98 Å². The van der Waals surface area contributed by atoms with Gasteiger partial charge in [-0.2, -0.15) is 4.99 Å². The summed E-state index contributed by atoms with van der Waals surface area (Å²) in [5.41, 5.74) is 4.32. The summed E-state index contributed by atoms with van der Waals surface area (Å²) in [6.07, 6.45) is 3.72. The highest BCUT2D eigenvalue weighted by Gasteiger charge is 2.07. The van der Waals surface area contributed by atoms with Crippen molar-refractivity contribution in [1.29, 1.82) is 0 Å². The van der Waals surface area contributed by atoms with Crippen molar-refractivity contribution in [3.8, 4) is 23.0 Å².